The number of amides is 1. The van der Waals surface area contributed by atoms with Crippen LogP contribution in [0.4, 0.5) is 5.69 Å². The van der Waals surface area contributed by atoms with Crippen molar-refractivity contribution in [2.75, 3.05) is 5.43 Å². The van der Waals surface area contributed by atoms with Crippen LogP contribution in [0.25, 0.3) is 0 Å². The Bertz CT molecular complexity index is 493. The minimum atomic E-state index is -1.08. The third-order valence-electron chi connectivity index (χ3n) is 2.38. The second-order valence-electron chi connectivity index (χ2n) is 3.85. The molecule has 0 aliphatic carbocycles. The lowest BCUT2D eigenvalue weighted by Gasteiger charge is -2.15. The van der Waals surface area contributed by atoms with Gasteiger partial charge in [-0.2, -0.15) is 5.26 Å². The van der Waals surface area contributed by atoms with Gasteiger partial charge in [-0.05, 0) is 30.7 Å². The highest BCUT2D eigenvalue weighted by Crippen LogP contribution is 2.08. The predicted molar refractivity (Wildman–Crippen MR) is 67.8 cm³/mol. The normalized spacial score (nSPS) is 11.3. The first kappa shape index (κ1) is 14.5. The lowest BCUT2D eigenvalue weighted by Crippen LogP contribution is -2.41. The summed E-state index contributed by atoms with van der Waals surface area (Å²) in [5, 5.41) is 17.6. The van der Waals surface area contributed by atoms with Crippen LogP contribution >= 0.6 is 0 Å². The zero-order valence-corrected chi connectivity index (χ0v) is 10.1. The molecule has 1 aromatic rings. The summed E-state index contributed by atoms with van der Waals surface area (Å²) in [6.07, 6.45) is 0.0764. The number of benzene rings is 1. The predicted octanol–water partition coefficient (Wildman–Crippen LogP) is 0.193. The van der Waals surface area contributed by atoms with Gasteiger partial charge in [-0.1, -0.05) is 0 Å². The largest absolute Gasteiger partial charge is 0.480 e. The van der Waals surface area contributed by atoms with E-state index in [0.29, 0.717) is 11.3 Å². The highest BCUT2D eigenvalue weighted by Gasteiger charge is 2.17. The van der Waals surface area contributed by atoms with Gasteiger partial charge in [-0.25, -0.2) is 5.43 Å². The maximum absolute atomic E-state index is 10.9. The Kier molecular flexibility index (Phi) is 5.32. The fourth-order valence-electron chi connectivity index (χ4n) is 1.34. The number of hydrogen-bond acceptors (Lipinski definition) is 5. The SMILES string of the molecule is N#Cc1ccc(NNC(CCC(N)=O)C(=O)O)cc1. The molecule has 7 nitrogen and oxygen atoms in total. The first-order valence-corrected chi connectivity index (χ1v) is 5.55. The lowest BCUT2D eigenvalue weighted by molar-refractivity contribution is -0.139. The zero-order valence-electron chi connectivity index (χ0n) is 10.1. The van der Waals surface area contributed by atoms with E-state index in [4.69, 9.17) is 16.1 Å². The summed E-state index contributed by atoms with van der Waals surface area (Å²) in [6, 6.07) is 7.52. The molecule has 0 saturated heterocycles. The van der Waals surface area contributed by atoms with Crippen LogP contribution in [0.15, 0.2) is 24.3 Å². The van der Waals surface area contributed by atoms with Crippen molar-refractivity contribution >= 4 is 17.6 Å². The van der Waals surface area contributed by atoms with Gasteiger partial charge in [0, 0.05) is 12.1 Å². The first-order chi connectivity index (χ1) is 9.02. The molecule has 0 saturated carbocycles. The highest BCUT2D eigenvalue weighted by atomic mass is 16.4. The summed E-state index contributed by atoms with van der Waals surface area (Å²) in [4.78, 5) is 21.6. The molecule has 0 spiro atoms. The number of nitrogens with two attached hydrogens (primary N) is 1. The number of carbonyl (C=O) groups is 2. The van der Waals surface area contributed by atoms with Gasteiger partial charge in [0.1, 0.15) is 6.04 Å². The number of rotatable bonds is 7. The second kappa shape index (κ2) is 6.98. The molecule has 100 valence electrons. The lowest BCUT2D eigenvalue weighted by atomic mass is 10.1. The fourth-order valence-corrected chi connectivity index (χ4v) is 1.34. The topological polar surface area (TPSA) is 128 Å². The van der Waals surface area contributed by atoms with E-state index in [1.54, 1.807) is 24.3 Å². The van der Waals surface area contributed by atoms with E-state index in [0.717, 1.165) is 0 Å². The molecule has 7 heteroatoms. The summed E-state index contributed by atoms with van der Waals surface area (Å²) in [5.74, 6) is -1.63. The van der Waals surface area contributed by atoms with E-state index in [1.807, 2.05) is 6.07 Å². The number of carboxylic acids is 1. The van der Waals surface area contributed by atoms with Gasteiger partial charge in [0.05, 0.1) is 11.6 Å². The number of nitrogens with zero attached hydrogens (tertiary/aromatic N) is 1. The third kappa shape index (κ3) is 5.06. The molecule has 19 heavy (non-hydrogen) atoms. The summed E-state index contributed by atoms with van der Waals surface area (Å²) in [7, 11) is 0. The summed E-state index contributed by atoms with van der Waals surface area (Å²) >= 11 is 0. The van der Waals surface area contributed by atoms with Gasteiger partial charge in [-0.15, -0.1) is 0 Å². The van der Waals surface area contributed by atoms with Crippen molar-refractivity contribution in [2.24, 2.45) is 5.73 Å². The Labute approximate surface area is 110 Å². The summed E-state index contributed by atoms with van der Waals surface area (Å²) in [5.41, 5.74) is 11.4. The van der Waals surface area contributed by atoms with Crippen LogP contribution in [0.5, 0.6) is 0 Å². The molecular weight excluding hydrogens is 248 g/mol. The Morgan fingerprint density at radius 1 is 1.37 bits per heavy atom. The maximum Gasteiger partial charge on any atom is 0.322 e. The molecule has 1 aromatic carbocycles. The standard InChI is InChI=1S/C12H14N4O3/c13-7-8-1-3-9(4-2-8)15-16-10(12(18)19)5-6-11(14)17/h1-4,10,15-16H,5-6H2,(H2,14,17)(H,18,19). The molecule has 1 atom stereocenters. The molecule has 5 N–H and O–H groups in total. The van der Waals surface area contributed by atoms with Gasteiger partial charge in [-0.3, -0.25) is 9.59 Å². The Morgan fingerprint density at radius 3 is 2.47 bits per heavy atom. The minimum absolute atomic E-state index is 0.0149. The van der Waals surface area contributed by atoms with Crippen LogP contribution in [0, 0.1) is 11.3 Å². The average Bonchev–Trinajstić information content (AvgIpc) is 2.38. The van der Waals surface area contributed by atoms with Crippen molar-refractivity contribution < 1.29 is 14.7 Å². The van der Waals surface area contributed by atoms with Crippen molar-refractivity contribution in [2.45, 2.75) is 18.9 Å². The number of anilines is 1. The van der Waals surface area contributed by atoms with E-state index >= 15 is 0 Å². The number of aliphatic carboxylic acids is 1. The number of hydrazine groups is 1. The fraction of sp³-hybridized carbons (Fsp3) is 0.250. The molecule has 1 unspecified atom stereocenters. The van der Waals surface area contributed by atoms with E-state index < -0.39 is 17.9 Å². The molecule has 0 fully saturated rings. The van der Waals surface area contributed by atoms with Crippen molar-refractivity contribution in [3.8, 4) is 6.07 Å². The average molecular weight is 262 g/mol. The molecule has 0 bridgehead atoms. The third-order valence-corrected chi connectivity index (χ3v) is 2.38. The summed E-state index contributed by atoms with van der Waals surface area (Å²) < 4.78 is 0. The Hall–Kier alpha value is -2.59. The number of hydrogen-bond donors (Lipinski definition) is 4. The molecule has 0 aromatic heterocycles. The summed E-state index contributed by atoms with van der Waals surface area (Å²) in [6.45, 7) is 0. The van der Waals surface area contributed by atoms with Crippen LogP contribution in [-0.4, -0.2) is 23.0 Å². The van der Waals surface area contributed by atoms with Crippen LogP contribution in [0.2, 0.25) is 0 Å². The van der Waals surface area contributed by atoms with Crippen molar-refractivity contribution in [1.29, 1.82) is 5.26 Å². The highest BCUT2D eigenvalue weighted by molar-refractivity contribution is 5.77. The smallest absolute Gasteiger partial charge is 0.322 e. The first-order valence-electron chi connectivity index (χ1n) is 5.55. The number of nitriles is 1. The maximum atomic E-state index is 10.9. The van der Waals surface area contributed by atoms with E-state index in [2.05, 4.69) is 10.9 Å². The quantitative estimate of drug-likeness (QED) is 0.519. The molecule has 1 rings (SSSR count). The minimum Gasteiger partial charge on any atom is -0.480 e. The Morgan fingerprint density at radius 2 is 2.00 bits per heavy atom. The molecule has 0 radical (unpaired) electrons. The molecule has 1 amide bonds. The monoisotopic (exact) mass is 262 g/mol. The van der Waals surface area contributed by atoms with E-state index in [1.165, 1.54) is 0 Å². The van der Waals surface area contributed by atoms with Crippen molar-refractivity contribution in [3.05, 3.63) is 29.8 Å². The van der Waals surface area contributed by atoms with Crippen LogP contribution in [-0.2, 0) is 9.59 Å². The van der Waals surface area contributed by atoms with Gasteiger partial charge < -0.3 is 16.3 Å². The van der Waals surface area contributed by atoms with Crippen LogP contribution in [0.3, 0.4) is 0 Å². The van der Waals surface area contributed by atoms with Crippen LogP contribution < -0.4 is 16.6 Å². The zero-order chi connectivity index (χ0) is 14.3. The second-order valence-corrected chi connectivity index (χ2v) is 3.85. The molecule has 0 aliphatic heterocycles. The molecular formula is C12H14N4O3. The number of carboxylic acid groups (broad SMARTS) is 1. The van der Waals surface area contributed by atoms with Gasteiger partial charge in [0.15, 0.2) is 0 Å². The van der Waals surface area contributed by atoms with Crippen molar-refractivity contribution in [1.82, 2.24) is 5.43 Å². The van der Waals surface area contributed by atoms with E-state index in [9.17, 15) is 9.59 Å². The van der Waals surface area contributed by atoms with Crippen LogP contribution in [0.1, 0.15) is 18.4 Å². The van der Waals surface area contributed by atoms with Gasteiger partial charge in [0.25, 0.3) is 0 Å². The molecule has 0 heterocycles. The number of nitrogens with one attached hydrogen (secondary N) is 2. The van der Waals surface area contributed by atoms with Crippen molar-refractivity contribution in [3.63, 3.8) is 0 Å². The van der Waals surface area contributed by atoms with Gasteiger partial charge in [0.2, 0.25) is 5.91 Å². The van der Waals surface area contributed by atoms with Gasteiger partial charge >= 0.3 is 5.97 Å². The number of carbonyl (C=O) groups excluding carboxylic acids is 1. The molecule has 0 aliphatic rings. The Balaban J connectivity index is 2.53. The van der Waals surface area contributed by atoms with E-state index in [-0.39, 0.29) is 12.8 Å². The number of primary amides is 1.